The van der Waals surface area contributed by atoms with Crippen LogP contribution in [0.15, 0.2) is 58.8 Å². The molecule has 0 atom stereocenters. The summed E-state index contributed by atoms with van der Waals surface area (Å²) in [5.41, 5.74) is 1.44. The van der Waals surface area contributed by atoms with E-state index < -0.39 is 5.91 Å². The molecule has 0 aliphatic rings. The first-order chi connectivity index (χ1) is 12.1. The Morgan fingerprint density at radius 3 is 2.68 bits per heavy atom. The van der Waals surface area contributed by atoms with Crippen molar-refractivity contribution >= 4 is 22.5 Å². The van der Waals surface area contributed by atoms with Gasteiger partial charge in [-0.3, -0.25) is 4.79 Å². The van der Waals surface area contributed by atoms with E-state index >= 15 is 0 Å². The van der Waals surface area contributed by atoms with E-state index in [1.54, 1.807) is 35.9 Å². The zero-order chi connectivity index (χ0) is 17.8. The van der Waals surface area contributed by atoms with Crippen LogP contribution in [0.4, 0.5) is 5.69 Å². The van der Waals surface area contributed by atoms with Gasteiger partial charge in [-0.25, -0.2) is 0 Å². The highest BCUT2D eigenvalue weighted by Crippen LogP contribution is 2.37. The molecular formula is C19H19N3O3. The number of aromatic hydroxyl groups is 1. The molecule has 25 heavy (non-hydrogen) atoms. The van der Waals surface area contributed by atoms with Gasteiger partial charge in [-0.15, -0.1) is 10.2 Å². The lowest BCUT2D eigenvalue weighted by Gasteiger charge is -2.07. The fourth-order valence-electron chi connectivity index (χ4n) is 2.59. The van der Waals surface area contributed by atoms with Gasteiger partial charge in [0, 0.05) is 12.4 Å². The van der Waals surface area contributed by atoms with Crippen molar-refractivity contribution in [2.45, 2.75) is 13.3 Å². The van der Waals surface area contributed by atoms with Gasteiger partial charge in [-0.05, 0) is 24.6 Å². The molecule has 2 aromatic carbocycles. The molecular weight excluding hydrogens is 318 g/mol. The highest BCUT2D eigenvalue weighted by atomic mass is 16.5. The molecule has 0 radical (unpaired) electrons. The third-order valence-corrected chi connectivity index (χ3v) is 3.87. The first-order valence-electron chi connectivity index (χ1n) is 8.07. The number of aryl methyl sites for hydroxylation is 1. The number of para-hydroxylation sites is 2. The Balaban J connectivity index is 1.93. The maximum atomic E-state index is 12.4. The zero-order valence-corrected chi connectivity index (χ0v) is 14.1. The second kappa shape index (κ2) is 7.17. The van der Waals surface area contributed by atoms with Crippen molar-refractivity contribution in [2.75, 3.05) is 6.61 Å². The van der Waals surface area contributed by atoms with Crippen molar-refractivity contribution in [3.8, 4) is 11.6 Å². The van der Waals surface area contributed by atoms with Crippen LogP contribution in [-0.2, 0) is 7.05 Å². The summed E-state index contributed by atoms with van der Waals surface area (Å²) in [6, 6.07) is 14.3. The predicted molar refractivity (Wildman–Crippen MR) is 95.7 cm³/mol. The number of azo groups is 1. The molecule has 0 bridgehead atoms. The minimum atomic E-state index is -0.515. The molecule has 0 aliphatic heterocycles. The molecule has 1 heterocycles. The minimum absolute atomic E-state index is 0.0340. The second-order valence-electron chi connectivity index (χ2n) is 5.60. The Labute approximate surface area is 145 Å². The molecule has 0 fully saturated rings. The number of rotatable bonds is 5. The molecule has 0 unspecified atom stereocenters. The van der Waals surface area contributed by atoms with Crippen LogP contribution in [0.5, 0.6) is 11.6 Å². The van der Waals surface area contributed by atoms with Gasteiger partial charge in [-0.2, -0.15) is 0 Å². The summed E-state index contributed by atoms with van der Waals surface area (Å²) >= 11 is 0. The number of carbonyl (C=O) groups is 1. The first kappa shape index (κ1) is 16.7. The molecule has 3 rings (SSSR count). The second-order valence-corrected chi connectivity index (χ2v) is 5.60. The normalized spacial score (nSPS) is 11.3. The van der Waals surface area contributed by atoms with E-state index in [2.05, 4.69) is 10.2 Å². The van der Waals surface area contributed by atoms with E-state index in [9.17, 15) is 9.90 Å². The fourth-order valence-corrected chi connectivity index (χ4v) is 2.59. The Kier molecular flexibility index (Phi) is 4.79. The molecule has 1 N–H and O–H groups in total. The van der Waals surface area contributed by atoms with E-state index in [-0.39, 0.29) is 11.6 Å². The van der Waals surface area contributed by atoms with E-state index in [4.69, 9.17) is 4.74 Å². The summed E-state index contributed by atoms with van der Waals surface area (Å²) < 4.78 is 7.19. The Morgan fingerprint density at radius 2 is 1.88 bits per heavy atom. The lowest BCUT2D eigenvalue weighted by atomic mass is 10.2. The Morgan fingerprint density at radius 1 is 1.16 bits per heavy atom. The number of carbonyl (C=O) groups excluding carboxylic acids is 1. The van der Waals surface area contributed by atoms with Crippen LogP contribution in [0, 0.1) is 0 Å². The van der Waals surface area contributed by atoms with Gasteiger partial charge in [0.2, 0.25) is 5.88 Å². The fraction of sp³-hybridized carbons (Fsp3) is 0.211. The zero-order valence-electron chi connectivity index (χ0n) is 14.1. The molecule has 128 valence electrons. The van der Waals surface area contributed by atoms with Crippen LogP contribution >= 0.6 is 0 Å². The number of hydrogen-bond donors (Lipinski definition) is 1. The number of hydrogen-bond acceptors (Lipinski definition) is 4. The Bertz CT molecular complexity index is 944. The van der Waals surface area contributed by atoms with E-state index in [0.29, 0.717) is 17.9 Å². The quantitative estimate of drug-likeness (QED) is 0.691. The molecule has 0 aliphatic carbocycles. The summed E-state index contributed by atoms with van der Waals surface area (Å²) in [5.74, 6) is -0.0669. The van der Waals surface area contributed by atoms with Crippen LogP contribution in [0.2, 0.25) is 0 Å². The van der Waals surface area contributed by atoms with Crippen LogP contribution < -0.4 is 4.74 Å². The van der Waals surface area contributed by atoms with Crippen LogP contribution in [-0.4, -0.2) is 22.2 Å². The molecule has 0 spiro atoms. The number of ether oxygens (including phenoxy) is 1. The summed E-state index contributed by atoms with van der Waals surface area (Å²) in [7, 11) is 1.73. The van der Waals surface area contributed by atoms with E-state index in [0.717, 1.165) is 17.3 Å². The third kappa shape index (κ3) is 3.24. The van der Waals surface area contributed by atoms with E-state index in [1.165, 1.54) is 0 Å². The van der Waals surface area contributed by atoms with Crippen molar-refractivity contribution in [3.63, 3.8) is 0 Å². The number of nitrogens with zero attached hydrogens (tertiary/aromatic N) is 3. The average Bonchev–Trinajstić information content (AvgIpc) is 2.89. The SMILES string of the molecule is CCCOc1ccccc1C(=O)N=Nc1c(O)n(C)c2ccccc12. The summed E-state index contributed by atoms with van der Waals surface area (Å²) in [6.45, 7) is 2.51. The van der Waals surface area contributed by atoms with Crippen molar-refractivity contribution in [1.82, 2.24) is 4.57 Å². The highest BCUT2D eigenvalue weighted by molar-refractivity contribution is 5.98. The predicted octanol–water partition coefficient (Wildman–Crippen LogP) is 4.60. The number of benzene rings is 2. The van der Waals surface area contributed by atoms with Crippen LogP contribution in [0.3, 0.4) is 0 Å². The Hall–Kier alpha value is -3.15. The average molecular weight is 337 g/mol. The van der Waals surface area contributed by atoms with Crippen LogP contribution in [0.1, 0.15) is 23.7 Å². The summed E-state index contributed by atoms with van der Waals surface area (Å²) in [4.78, 5) is 12.4. The van der Waals surface area contributed by atoms with Gasteiger partial charge in [-0.1, -0.05) is 37.3 Å². The van der Waals surface area contributed by atoms with Gasteiger partial charge >= 0.3 is 0 Å². The molecule has 3 aromatic rings. The standard InChI is InChI=1S/C19H19N3O3/c1-3-12-25-16-11-7-5-9-14(16)18(23)21-20-17-13-8-4-6-10-15(13)22(2)19(17)24/h4-11,24H,3,12H2,1-2H3. The van der Waals surface area contributed by atoms with Crippen molar-refractivity contribution in [1.29, 1.82) is 0 Å². The monoisotopic (exact) mass is 337 g/mol. The van der Waals surface area contributed by atoms with Crippen molar-refractivity contribution in [2.24, 2.45) is 17.3 Å². The lowest BCUT2D eigenvalue weighted by Crippen LogP contribution is -2.02. The molecule has 1 aromatic heterocycles. The number of aromatic nitrogens is 1. The topological polar surface area (TPSA) is 76.2 Å². The van der Waals surface area contributed by atoms with Gasteiger partial charge in [0.25, 0.3) is 5.91 Å². The van der Waals surface area contributed by atoms with Crippen LogP contribution in [0.25, 0.3) is 10.9 Å². The molecule has 6 heteroatoms. The maximum Gasteiger partial charge on any atom is 0.299 e. The highest BCUT2D eigenvalue weighted by Gasteiger charge is 2.15. The molecule has 6 nitrogen and oxygen atoms in total. The number of amides is 1. The summed E-state index contributed by atoms with van der Waals surface area (Å²) in [6.07, 6.45) is 0.841. The van der Waals surface area contributed by atoms with Gasteiger partial charge in [0.15, 0.2) is 5.69 Å². The van der Waals surface area contributed by atoms with Gasteiger partial charge in [0.05, 0.1) is 17.7 Å². The van der Waals surface area contributed by atoms with E-state index in [1.807, 2.05) is 31.2 Å². The molecule has 0 saturated heterocycles. The minimum Gasteiger partial charge on any atom is -0.493 e. The largest absolute Gasteiger partial charge is 0.493 e. The molecule has 1 amide bonds. The maximum absolute atomic E-state index is 12.4. The lowest BCUT2D eigenvalue weighted by molar-refractivity contribution is 0.0991. The van der Waals surface area contributed by atoms with Gasteiger partial charge < -0.3 is 14.4 Å². The van der Waals surface area contributed by atoms with Gasteiger partial charge in [0.1, 0.15) is 5.75 Å². The van der Waals surface area contributed by atoms with Crippen molar-refractivity contribution < 1.29 is 14.6 Å². The third-order valence-electron chi connectivity index (χ3n) is 3.87. The summed E-state index contributed by atoms with van der Waals surface area (Å²) in [5, 5.41) is 18.8. The number of fused-ring (bicyclic) bond motifs is 1. The first-order valence-corrected chi connectivity index (χ1v) is 8.07. The smallest absolute Gasteiger partial charge is 0.299 e. The van der Waals surface area contributed by atoms with Crippen molar-refractivity contribution in [3.05, 3.63) is 54.1 Å². The molecule has 0 saturated carbocycles.